The molecule has 0 unspecified atom stereocenters. The Kier molecular flexibility index (Phi) is 5.43. The third-order valence-electron chi connectivity index (χ3n) is 3.74. The van der Waals surface area contributed by atoms with E-state index >= 15 is 0 Å². The molecule has 0 amide bonds. The van der Waals surface area contributed by atoms with Crippen molar-refractivity contribution in [2.75, 3.05) is 13.2 Å². The molecule has 0 aliphatic carbocycles. The average Bonchev–Trinajstić information content (AvgIpc) is 3.11. The van der Waals surface area contributed by atoms with E-state index in [0.717, 1.165) is 11.4 Å². The molecule has 0 fully saturated rings. The molecular weight excluding hydrogens is 332 g/mol. The number of esters is 2. The van der Waals surface area contributed by atoms with E-state index in [1.807, 2.05) is 19.1 Å². The van der Waals surface area contributed by atoms with E-state index in [0.29, 0.717) is 11.1 Å². The SMILES string of the molecule is Cc1ccnn1-c1ccc(C(=O)OCCOC(=O)c2ccccc2)cc1. The molecule has 0 radical (unpaired) electrons. The highest BCUT2D eigenvalue weighted by Gasteiger charge is 2.10. The van der Waals surface area contributed by atoms with Crippen molar-refractivity contribution in [2.24, 2.45) is 0 Å². The quantitative estimate of drug-likeness (QED) is 0.504. The van der Waals surface area contributed by atoms with E-state index < -0.39 is 11.9 Å². The Morgan fingerprint density at radius 1 is 0.846 bits per heavy atom. The highest BCUT2D eigenvalue weighted by Crippen LogP contribution is 2.12. The molecule has 3 aromatic rings. The van der Waals surface area contributed by atoms with Gasteiger partial charge in [-0.2, -0.15) is 5.10 Å². The molecule has 0 saturated heterocycles. The molecule has 26 heavy (non-hydrogen) atoms. The second kappa shape index (κ2) is 8.11. The molecular formula is C20H18N2O4. The highest BCUT2D eigenvalue weighted by molar-refractivity contribution is 5.90. The zero-order chi connectivity index (χ0) is 18.4. The van der Waals surface area contributed by atoms with E-state index in [4.69, 9.17) is 9.47 Å². The molecule has 0 atom stereocenters. The fourth-order valence-electron chi connectivity index (χ4n) is 2.39. The standard InChI is InChI=1S/C20H18N2O4/c1-15-11-12-21-22(15)18-9-7-17(8-10-18)20(24)26-14-13-25-19(23)16-5-3-2-4-6-16/h2-12H,13-14H2,1H3. The lowest BCUT2D eigenvalue weighted by atomic mass is 10.2. The lowest BCUT2D eigenvalue weighted by molar-refractivity contribution is 0.0265. The van der Waals surface area contributed by atoms with Crippen molar-refractivity contribution in [1.82, 2.24) is 9.78 Å². The Balaban J connectivity index is 1.48. The van der Waals surface area contributed by atoms with Gasteiger partial charge in [-0.25, -0.2) is 14.3 Å². The zero-order valence-corrected chi connectivity index (χ0v) is 14.3. The van der Waals surface area contributed by atoms with E-state index in [2.05, 4.69) is 5.10 Å². The van der Waals surface area contributed by atoms with E-state index in [1.54, 1.807) is 59.4 Å². The molecule has 0 spiro atoms. The number of carbonyl (C=O) groups excluding carboxylic acids is 2. The van der Waals surface area contributed by atoms with Crippen LogP contribution in [0.5, 0.6) is 0 Å². The van der Waals surface area contributed by atoms with Crippen molar-refractivity contribution in [3.05, 3.63) is 83.7 Å². The minimum atomic E-state index is -0.468. The van der Waals surface area contributed by atoms with Crippen LogP contribution in [0.4, 0.5) is 0 Å². The Hall–Kier alpha value is -3.41. The number of benzene rings is 2. The third-order valence-corrected chi connectivity index (χ3v) is 3.74. The highest BCUT2D eigenvalue weighted by atomic mass is 16.6. The molecule has 3 rings (SSSR count). The van der Waals surface area contributed by atoms with Gasteiger partial charge in [0.1, 0.15) is 13.2 Å². The first-order valence-corrected chi connectivity index (χ1v) is 8.15. The fraction of sp³-hybridized carbons (Fsp3) is 0.150. The molecule has 6 nitrogen and oxygen atoms in total. The first-order chi connectivity index (χ1) is 12.6. The summed E-state index contributed by atoms with van der Waals surface area (Å²) < 4.78 is 12.0. The Morgan fingerprint density at radius 3 is 1.96 bits per heavy atom. The van der Waals surface area contributed by atoms with Crippen LogP contribution >= 0.6 is 0 Å². The summed E-state index contributed by atoms with van der Waals surface area (Å²) in [4.78, 5) is 23.8. The van der Waals surface area contributed by atoms with E-state index in [-0.39, 0.29) is 13.2 Å². The number of aromatic nitrogens is 2. The summed E-state index contributed by atoms with van der Waals surface area (Å²) >= 11 is 0. The van der Waals surface area contributed by atoms with Gasteiger partial charge in [0, 0.05) is 11.9 Å². The van der Waals surface area contributed by atoms with Crippen molar-refractivity contribution in [3.8, 4) is 5.69 Å². The van der Waals surface area contributed by atoms with Gasteiger partial charge in [-0.15, -0.1) is 0 Å². The average molecular weight is 350 g/mol. The molecule has 6 heteroatoms. The number of carbonyl (C=O) groups is 2. The Morgan fingerprint density at radius 2 is 1.42 bits per heavy atom. The van der Waals surface area contributed by atoms with Crippen molar-refractivity contribution in [1.29, 1.82) is 0 Å². The number of hydrogen-bond donors (Lipinski definition) is 0. The summed E-state index contributed by atoms with van der Waals surface area (Å²) in [6.07, 6.45) is 1.72. The van der Waals surface area contributed by atoms with Crippen molar-refractivity contribution < 1.29 is 19.1 Å². The summed E-state index contributed by atoms with van der Waals surface area (Å²) in [5.41, 5.74) is 2.75. The summed E-state index contributed by atoms with van der Waals surface area (Å²) in [6.45, 7) is 1.95. The topological polar surface area (TPSA) is 70.4 Å². The fourth-order valence-corrected chi connectivity index (χ4v) is 2.39. The van der Waals surface area contributed by atoms with Gasteiger partial charge in [0.25, 0.3) is 0 Å². The Bertz CT molecular complexity index is 886. The molecule has 2 aromatic carbocycles. The maximum atomic E-state index is 12.0. The maximum absolute atomic E-state index is 12.0. The molecule has 1 heterocycles. The first kappa shape index (κ1) is 17.4. The van der Waals surface area contributed by atoms with Gasteiger partial charge in [-0.1, -0.05) is 18.2 Å². The number of aryl methyl sites for hydroxylation is 1. The number of rotatable bonds is 6. The van der Waals surface area contributed by atoms with Crippen LogP contribution in [-0.4, -0.2) is 34.9 Å². The third kappa shape index (κ3) is 4.16. The van der Waals surface area contributed by atoms with Crippen LogP contribution < -0.4 is 0 Å². The minimum absolute atomic E-state index is 0.00256. The van der Waals surface area contributed by atoms with Gasteiger partial charge in [0.15, 0.2) is 0 Å². The molecule has 0 N–H and O–H groups in total. The minimum Gasteiger partial charge on any atom is -0.458 e. The van der Waals surface area contributed by atoms with Crippen LogP contribution in [-0.2, 0) is 9.47 Å². The molecule has 0 aliphatic heterocycles. The van der Waals surface area contributed by atoms with Crippen molar-refractivity contribution in [2.45, 2.75) is 6.92 Å². The van der Waals surface area contributed by atoms with Gasteiger partial charge < -0.3 is 9.47 Å². The lowest BCUT2D eigenvalue weighted by Gasteiger charge is -2.08. The zero-order valence-electron chi connectivity index (χ0n) is 14.3. The Labute approximate surface area is 151 Å². The number of hydrogen-bond acceptors (Lipinski definition) is 5. The van der Waals surface area contributed by atoms with Gasteiger partial charge in [0.05, 0.1) is 16.8 Å². The van der Waals surface area contributed by atoms with Crippen LogP contribution in [0, 0.1) is 6.92 Å². The van der Waals surface area contributed by atoms with Crippen LogP contribution in [0.2, 0.25) is 0 Å². The van der Waals surface area contributed by atoms with Crippen molar-refractivity contribution >= 4 is 11.9 Å². The number of ether oxygens (including phenoxy) is 2. The van der Waals surface area contributed by atoms with E-state index in [9.17, 15) is 9.59 Å². The monoisotopic (exact) mass is 350 g/mol. The van der Waals surface area contributed by atoms with Crippen LogP contribution in [0.15, 0.2) is 66.9 Å². The van der Waals surface area contributed by atoms with E-state index in [1.165, 1.54) is 0 Å². The second-order valence-electron chi connectivity index (χ2n) is 5.57. The number of nitrogens with zero attached hydrogens (tertiary/aromatic N) is 2. The molecule has 0 saturated carbocycles. The second-order valence-corrected chi connectivity index (χ2v) is 5.57. The maximum Gasteiger partial charge on any atom is 0.338 e. The first-order valence-electron chi connectivity index (χ1n) is 8.15. The van der Waals surface area contributed by atoms with Gasteiger partial charge in [-0.3, -0.25) is 0 Å². The molecule has 1 aromatic heterocycles. The molecule has 132 valence electrons. The summed E-state index contributed by atoms with van der Waals surface area (Å²) in [6, 6.07) is 17.5. The van der Waals surface area contributed by atoms with Gasteiger partial charge in [-0.05, 0) is 49.4 Å². The predicted molar refractivity (Wildman–Crippen MR) is 95.3 cm³/mol. The van der Waals surface area contributed by atoms with Crippen LogP contribution in [0.25, 0.3) is 5.69 Å². The smallest absolute Gasteiger partial charge is 0.338 e. The molecule has 0 aliphatic rings. The summed E-state index contributed by atoms with van der Waals surface area (Å²) in [7, 11) is 0. The van der Waals surface area contributed by atoms with Crippen molar-refractivity contribution in [3.63, 3.8) is 0 Å². The predicted octanol–water partition coefficient (Wildman–Crippen LogP) is 3.19. The van der Waals surface area contributed by atoms with Crippen LogP contribution in [0.3, 0.4) is 0 Å². The van der Waals surface area contributed by atoms with Crippen LogP contribution in [0.1, 0.15) is 26.4 Å². The van der Waals surface area contributed by atoms with Gasteiger partial charge >= 0.3 is 11.9 Å². The summed E-state index contributed by atoms with van der Waals surface area (Å²) in [5, 5.41) is 4.21. The lowest BCUT2D eigenvalue weighted by Crippen LogP contribution is -2.14. The molecule has 0 bridgehead atoms. The largest absolute Gasteiger partial charge is 0.458 e. The summed E-state index contributed by atoms with van der Waals surface area (Å²) in [5.74, 6) is -0.912. The van der Waals surface area contributed by atoms with Gasteiger partial charge in [0.2, 0.25) is 0 Å². The normalized spacial score (nSPS) is 10.3.